The smallest absolute Gasteiger partial charge is 0.403 e. The van der Waals surface area contributed by atoms with Gasteiger partial charge in [0.25, 0.3) is 0 Å². The highest BCUT2D eigenvalue weighted by Gasteiger charge is 2.44. The van der Waals surface area contributed by atoms with E-state index in [4.69, 9.17) is 5.11 Å². The number of halogens is 4. The fraction of sp³-hybridized carbons (Fsp3) is 0.300. The maximum absolute atomic E-state index is 12.3. The summed E-state index contributed by atoms with van der Waals surface area (Å²) in [5.41, 5.74) is 0.419. The highest BCUT2D eigenvalue weighted by atomic mass is 79.9. The molecule has 0 fully saturated rings. The number of benzene rings is 1. The molecule has 0 spiro atoms. The number of nitrogens with one attached hydrogen (secondary N) is 1. The molecular formula is C10H9BrF3NO2. The van der Waals surface area contributed by atoms with Crippen LogP contribution in [0.1, 0.15) is 0 Å². The van der Waals surface area contributed by atoms with Crippen molar-refractivity contribution >= 4 is 27.6 Å². The Morgan fingerprint density at radius 3 is 2.47 bits per heavy atom. The van der Waals surface area contributed by atoms with Gasteiger partial charge in [-0.05, 0) is 28.1 Å². The summed E-state index contributed by atoms with van der Waals surface area (Å²) < 4.78 is 37.6. The minimum absolute atomic E-state index is 0.419. The molecule has 1 aromatic rings. The minimum Gasteiger partial charge on any atom is -0.481 e. The molecule has 0 aliphatic rings. The first-order valence-electron chi connectivity index (χ1n) is 4.60. The highest BCUT2D eigenvalue weighted by Crippen LogP contribution is 2.28. The third-order valence-corrected chi connectivity index (χ3v) is 2.76. The molecule has 0 bridgehead atoms. The number of hydrogen-bond acceptors (Lipinski definition) is 2. The second kappa shape index (κ2) is 5.39. The summed E-state index contributed by atoms with van der Waals surface area (Å²) in [6, 6.07) is 6.54. The number of alkyl halides is 3. The van der Waals surface area contributed by atoms with Crippen molar-refractivity contribution in [1.29, 1.82) is 0 Å². The van der Waals surface area contributed by atoms with Crippen LogP contribution in [0.25, 0.3) is 0 Å². The maximum atomic E-state index is 12.3. The van der Waals surface area contributed by atoms with Crippen molar-refractivity contribution in [3.05, 3.63) is 28.7 Å². The normalized spacial score (nSPS) is 13.2. The van der Waals surface area contributed by atoms with Crippen LogP contribution in [0, 0.1) is 5.92 Å². The van der Waals surface area contributed by atoms with Gasteiger partial charge in [0.15, 0.2) is 5.92 Å². The third kappa shape index (κ3) is 3.92. The minimum atomic E-state index is -4.76. The molecule has 0 heterocycles. The van der Waals surface area contributed by atoms with E-state index >= 15 is 0 Å². The molecule has 0 radical (unpaired) electrons. The summed E-state index contributed by atoms with van der Waals surface area (Å²) in [5.74, 6) is -4.31. The average Bonchev–Trinajstić information content (AvgIpc) is 2.18. The quantitative estimate of drug-likeness (QED) is 0.898. The molecule has 3 nitrogen and oxygen atoms in total. The molecule has 0 aliphatic carbocycles. The van der Waals surface area contributed by atoms with Gasteiger partial charge in [-0.1, -0.05) is 12.1 Å². The van der Waals surface area contributed by atoms with Gasteiger partial charge in [-0.2, -0.15) is 13.2 Å². The molecule has 7 heteroatoms. The van der Waals surface area contributed by atoms with Crippen LogP contribution < -0.4 is 5.32 Å². The van der Waals surface area contributed by atoms with Crippen molar-refractivity contribution in [3.63, 3.8) is 0 Å². The van der Waals surface area contributed by atoms with Gasteiger partial charge in [-0.25, -0.2) is 0 Å². The van der Waals surface area contributed by atoms with E-state index in [0.29, 0.717) is 10.2 Å². The van der Waals surface area contributed by atoms with Crippen molar-refractivity contribution < 1.29 is 23.1 Å². The molecule has 0 saturated heterocycles. The Balaban J connectivity index is 2.72. The van der Waals surface area contributed by atoms with Gasteiger partial charge in [0.1, 0.15) is 0 Å². The highest BCUT2D eigenvalue weighted by molar-refractivity contribution is 9.10. The van der Waals surface area contributed by atoms with Gasteiger partial charge in [-0.15, -0.1) is 0 Å². The summed E-state index contributed by atoms with van der Waals surface area (Å²) in [6.07, 6.45) is -4.76. The van der Waals surface area contributed by atoms with E-state index in [1.54, 1.807) is 24.3 Å². The standard InChI is InChI=1S/C10H9BrF3NO2/c11-7-3-1-2-4-8(7)15-5-6(9(16)17)10(12,13)14/h1-4,6,15H,5H2,(H,16,17). The first-order valence-corrected chi connectivity index (χ1v) is 5.39. The molecule has 0 amide bonds. The second-order valence-electron chi connectivity index (χ2n) is 3.29. The summed E-state index contributed by atoms with van der Waals surface area (Å²) in [7, 11) is 0. The van der Waals surface area contributed by atoms with Crippen LogP contribution in [0.4, 0.5) is 18.9 Å². The Kier molecular flexibility index (Phi) is 4.39. The van der Waals surface area contributed by atoms with Crippen molar-refractivity contribution in [2.75, 3.05) is 11.9 Å². The van der Waals surface area contributed by atoms with E-state index in [1.165, 1.54) is 0 Å². The van der Waals surface area contributed by atoms with Crippen LogP contribution in [0.3, 0.4) is 0 Å². The largest absolute Gasteiger partial charge is 0.481 e. The van der Waals surface area contributed by atoms with Gasteiger partial charge in [0, 0.05) is 16.7 Å². The van der Waals surface area contributed by atoms with E-state index < -0.39 is 24.6 Å². The van der Waals surface area contributed by atoms with E-state index in [0.717, 1.165) is 0 Å². The molecule has 17 heavy (non-hydrogen) atoms. The zero-order valence-corrected chi connectivity index (χ0v) is 10.0. The fourth-order valence-electron chi connectivity index (χ4n) is 1.16. The van der Waals surface area contributed by atoms with Crippen LogP contribution in [0.5, 0.6) is 0 Å². The summed E-state index contributed by atoms with van der Waals surface area (Å²) in [6.45, 7) is -0.707. The number of aliphatic carboxylic acids is 1. The number of carboxylic acids is 1. The van der Waals surface area contributed by atoms with Gasteiger partial charge in [0.2, 0.25) is 0 Å². The maximum Gasteiger partial charge on any atom is 0.403 e. The molecule has 1 atom stereocenters. The first kappa shape index (κ1) is 13.8. The monoisotopic (exact) mass is 311 g/mol. The Hall–Kier alpha value is -1.24. The lowest BCUT2D eigenvalue weighted by molar-refractivity contribution is -0.190. The van der Waals surface area contributed by atoms with Crippen LogP contribution >= 0.6 is 15.9 Å². The van der Waals surface area contributed by atoms with Gasteiger partial charge >= 0.3 is 12.1 Å². The van der Waals surface area contributed by atoms with Gasteiger partial charge < -0.3 is 10.4 Å². The number of rotatable bonds is 4. The van der Waals surface area contributed by atoms with Crippen molar-refractivity contribution in [1.82, 2.24) is 0 Å². The number of carbonyl (C=O) groups is 1. The number of hydrogen-bond donors (Lipinski definition) is 2. The summed E-state index contributed by atoms with van der Waals surface area (Å²) in [4.78, 5) is 10.5. The molecule has 2 N–H and O–H groups in total. The van der Waals surface area contributed by atoms with Gasteiger partial charge in [-0.3, -0.25) is 4.79 Å². The lowest BCUT2D eigenvalue weighted by Crippen LogP contribution is -2.36. The Morgan fingerprint density at radius 2 is 2.00 bits per heavy atom. The summed E-state index contributed by atoms with van der Waals surface area (Å²) >= 11 is 3.14. The Bertz CT molecular complexity index is 409. The third-order valence-electron chi connectivity index (χ3n) is 2.06. The molecule has 0 saturated carbocycles. The van der Waals surface area contributed by atoms with E-state index in [1.807, 2.05) is 0 Å². The predicted molar refractivity (Wildman–Crippen MR) is 59.8 cm³/mol. The van der Waals surface area contributed by atoms with Crippen molar-refractivity contribution in [2.45, 2.75) is 6.18 Å². The molecule has 1 aromatic carbocycles. The SMILES string of the molecule is O=C(O)C(CNc1ccccc1Br)C(F)(F)F. The first-order chi connectivity index (χ1) is 7.82. The topological polar surface area (TPSA) is 49.3 Å². The average molecular weight is 312 g/mol. The number of anilines is 1. The fourth-order valence-corrected chi connectivity index (χ4v) is 1.58. The zero-order valence-electron chi connectivity index (χ0n) is 8.46. The molecule has 1 unspecified atom stereocenters. The molecular weight excluding hydrogens is 303 g/mol. The molecule has 94 valence electrons. The van der Waals surface area contributed by atoms with E-state index in [9.17, 15) is 18.0 Å². The second-order valence-corrected chi connectivity index (χ2v) is 4.15. The van der Waals surface area contributed by atoms with E-state index in [-0.39, 0.29) is 0 Å². The van der Waals surface area contributed by atoms with E-state index in [2.05, 4.69) is 21.2 Å². The van der Waals surface area contributed by atoms with Crippen LogP contribution in [0.2, 0.25) is 0 Å². The number of para-hydroxylation sites is 1. The van der Waals surface area contributed by atoms with Crippen molar-refractivity contribution in [2.24, 2.45) is 5.92 Å². The van der Waals surface area contributed by atoms with Gasteiger partial charge in [0.05, 0.1) is 0 Å². The van der Waals surface area contributed by atoms with Crippen molar-refractivity contribution in [3.8, 4) is 0 Å². The van der Waals surface area contributed by atoms with Crippen LogP contribution in [-0.2, 0) is 4.79 Å². The Morgan fingerprint density at radius 1 is 1.41 bits per heavy atom. The Labute approximate surface area is 104 Å². The predicted octanol–water partition coefficient (Wildman–Crippen LogP) is 3.12. The molecule has 0 aromatic heterocycles. The summed E-state index contributed by atoms with van der Waals surface area (Å²) in [5, 5.41) is 10.9. The zero-order chi connectivity index (χ0) is 13.1. The number of carboxylic acid groups (broad SMARTS) is 1. The van der Waals surface area contributed by atoms with Crippen LogP contribution in [-0.4, -0.2) is 23.8 Å². The lowest BCUT2D eigenvalue weighted by Gasteiger charge is -2.17. The molecule has 0 aliphatic heterocycles. The lowest BCUT2D eigenvalue weighted by atomic mass is 10.1. The molecule has 1 rings (SSSR count). The van der Waals surface area contributed by atoms with Crippen LogP contribution in [0.15, 0.2) is 28.7 Å².